The van der Waals surface area contributed by atoms with Crippen molar-refractivity contribution in [3.8, 4) is 0 Å². The van der Waals surface area contributed by atoms with Gasteiger partial charge in [0.15, 0.2) is 0 Å². The van der Waals surface area contributed by atoms with Crippen LogP contribution in [0.25, 0.3) is 0 Å². The highest BCUT2D eigenvalue weighted by Crippen LogP contribution is 2.23. The van der Waals surface area contributed by atoms with Crippen LogP contribution in [0.5, 0.6) is 0 Å². The van der Waals surface area contributed by atoms with E-state index < -0.39 is 30.4 Å². The normalized spacial score (nSPS) is 12.9. The first kappa shape index (κ1) is 16.3. The molecule has 0 saturated carbocycles. The largest absolute Gasteiger partial charge is 0.391 e. The van der Waals surface area contributed by atoms with Crippen LogP contribution in [-0.2, 0) is 0 Å². The summed E-state index contributed by atoms with van der Waals surface area (Å²) in [5, 5.41) is 4.90. The highest BCUT2D eigenvalue weighted by molar-refractivity contribution is 5.99. The van der Waals surface area contributed by atoms with E-state index in [1.165, 1.54) is 25.1 Å². The Balaban J connectivity index is 2.85. The van der Waals surface area contributed by atoms with E-state index >= 15 is 0 Å². The third-order valence-corrected chi connectivity index (χ3v) is 2.53. The van der Waals surface area contributed by atoms with Gasteiger partial charge < -0.3 is 10.6 Å². The van der Waals surface area contributed by atoms with Crippen molar-refractivity contribution in [2.45, 2.75) is 32.5 Å². The first-order chi connectivity index (χ1) is 9.24. The quantitative estimate of drug-likeness (QED) is 0.817. The molecule has 0 bridgehead atoms. The molecule has 112 valence electrons. The molecule has 0 aliphatic rings. The van der Waals surface area contributed by atoms with Gasteiger partial charge in [0, 0.05) is 12.6 Å². The number of nitrogens with one attached hydrogen (secondary N) is 2. The zero-order chi connectivity index (χ0) is 15.3. The van der Waals surface area contributed by atoms with Gasteiger partial charge in [-0.05, 0) is 26.0 Å². The Bertz CT molecular complexity index is 474. The van der Waals surface area contributed by atoms with Crippen molar-refractivity contribution in [1.82, 2.24) is 5.32 Å². The zero-order valence-electron chi connectivity index (χ0n) is 11.1. The topological polar surface area (TPSA) is 41.1 Å². The second-order valence-corrected chi connectivity index (χ2v) is 4.39. The number of rotatable bonds is 5. The zero-order valence-corrected chi connectivity index (χ0v) is 11.1. The Hall–Kier alpha value is -1.79. The van der Waals surface area contributed by atoms with Gasteiger partial charge in [-0.15, -0.1) is 0 Å². The maximum atomic E-state index is 13.6. The van der Waals surface area contributed by atoms with Crippen molar-refractivity contribution in [3.05, 3.63) is 29.6 Å². The van der Waals surface area contributed by atoms with Crippen LogP contribution < -0.4 is 10.6 Å². The molecule has 1 amide bonds. The van der Waals surface area contributed by atoms with Gasteiger partial charge in [-0.1, -0.05) is 6.07 Å². The van der Waals surface area contributed by atoms with Gasteiger partial charge >= 0.3 is 6.18 Å². The molecule has 1 atom stereocenters. The fourth-order valence-electron chi connectivity index (χ4n) is 1.77. The molecule has 1 aromatic rings. The lowest BCUT2D eigenvalue weighted by Crippen LogP contribution is -2.36. The monoisotopic (exact) mass is 292 g/mol. The van der Waals surface area contributed by atoms with Crippen LogP contribution in [0.4, 0.5) is 23.2 Å². The molecule has 1 aromatic carbocycles. The van der Waals surface area contributed by atoms with Crippen LogP contribution in [-0.4, -0.2) is 24.7 Å². The Morgan fingerprint density at radius 2 is 2.00 bits per heavy atom. The van der Waals surface area contributed by atoms with E-state index in [0.29, 0.717) is 6.54 Å². The highest BCUT2D eigenvalue weighted by Gasteiger charge is 2.31. The molecular weight excluding hydrogens is 276 g/mol. The number of alkyl halides is 3. The Morgan fingerprint density at radius 1 is 1.35 bits per heavy atom. The summed E-state index contributed by atoms with van der Waals surface area (Å²) in [6.07, 6.45) is -5.50. The van der Waals surface area contributed by atoms with E-state index in [2.05, 4.69) is 10.6 Å². The first-order valence-corrected chi connectivity index (χ1v) is 6.14. The van der Waals surface area contributed by atoms with Gasteiger partial charge in [-0.25, -0.2) is 4.39 Å². The predicted octanol–water partition coefficient (Wildman–Crippen LogP) is 3.33. The van der Waals surface area contributed by atoms with E-state index in [1.54, 1.807) is 6.92 Å². The number of hydrogen-bond acceptors (Lipinski definition) is 2. The van der Waals surface area contributed by atoms with Crippen LogP contribution in [0.1, 0.15) is 30.6 Å². The van der Waals surface area contributed by atoms with Crippen LogP contribution in [0, 0.1) is 5.82 Å². The molecule has 0 aliphatic heterocycles. The lowest BCUT2D eigenvalue weighted by molar-refractivity contribution is -0.138. The molecule has 0 heterocycles. The fourth-order valence-corrected chi connectivity index (χ4v) is 1.77. The second-order valence-electron chi connectivity index (χ2n) is 4.39. The van der Waals surface area contributed by atoms with Crippen molar-refractivity contribution < 1.29 is 22.4 Å². The number of amides is 1. The van der Waals surface area contributed by atoms with E-state index in [0.717, 1.165) is 0 Å². The molecule has 20 heavy (non-hydrogen) atoms. The minimum atomic E-state index is -4.36. The average Bonchev–Trinajstić information content (AvgIpc) is 2.29. The molecule has 2 N–H and O–H groups in total. The number of hydrogen-bond donors (Lipinski definition) is 2. The number of carbonyl (C=O) groups excluding carboxylic acids is 1. The maximum absolute atomic E-state index is 13.6. The fraction of sp³-hybridized carbons (Fsp3) is 0.462. The minimum Gasteiger partial charge on any atom is -0.382 e. The highest BCUT2D eigenvalue weighted by atomic mass is 19.4. The molecule has 0 aromatic heterocycles. The number of carbonyl (C=O) groups is 1. The first-order valence-electron chi connectivity index (χ1n) is 6.14. The SMILES string of the molecule is CCNc1c(F)cccc1C(=O)NC(C)CC(F)(F)F. The molecule has 0 aliphatic carbocycles. The van der Waals surface area contributed by atoms with Crippen molar-refractivity contribution in [2.75, 3.05) is 11.9 Å². The Kier molecular flexibility index (Phi) is 5.35. The van der Waals surface area contributed by atoms with Crippen molar-refractivity contribution in [1.29, 1.82) is 0 Å². The summed E-state index contributed by atoms with van der Waals surface area (Å²) < 4.78 is 50.2. The summed E-state index contributed by atoms with van der Waals surface area (Å²) in [5.74, 6) is -1.36. The number of anilines is 1. The van der Waals surface area contributed by atoms with Crippen molar-refractivity contribution in [2.24, 2.45) is 0 Å². The number of benzene rings is 1. The van der Waals surface area contributed by atoms with Crippen LogP contribution in [0.15, 0.2) is 18.2 Å². The van der Waals surface area contributed by atoms with Crippen LogP contribution in [0.2, 0.25) is 0 Å². The number of halogens is 4. The summed E-state index contributed by atoms with van der Waals surface area (Å²) in [4.78, 5) is 11.9. The van der Waals surface area contributed by atoms with Crippen LogP contribution in [0.3, 0.4) is 0 Å². The molecule has 0 fully saturated rings. The van der Waals surface area contributed by atoms with Gasteiger partial charge in [0.1, 0.15) is 5.82 Å². The van der Waals surface area contributed by atoms with E-state index in [9.17, 15) is 22.4 Å². The summed E-state index contributed by atoms with van der Waals surface area (Å²) in [6, 6.07) is 2.78. The van der Waals surface area contributed by atoms with E-state index in [4.69, 9.17) is 0 Å². The van der Waals surface area contributed by atoms with Crippen molar-refractivity contribution >= 4 is 11.6 Å². The smallest absolute Gasteiger partial charge is 0.382 e. The van der Waals surface area contributed by atoms with E-state index in [-0.39, 0.29) is 11.3 Å². The Morgan fingerprint density at radius 3 is 2.55 bits per heavy atom. The summed E-state index contributed by atoms with van der Waals surface area (Å²) in [6.45, 7) is 3.36. The lowest BCUT2D eigenvalue weighted by atomic mass is 10.1. The van der Waals surface area contributed by atoms with E-state index in [1.807, 2.05) is 0 Å². The van der Waals surface area contributed by atoms with Gasteiger partial charge in [-0.2, -0.15) is 13.2 Å². The molecule has 0 spiro atoms. The molecule has 1 unspecified atom stereocenters. The summed E-state index contributed by atoms with van der Waals surface area (Å²) in [7, 11) is 0. The third kappa shape index (κ3) is 4.71. The van der Waals surface area contributed by atoms with Gasteiger partial charge in [0.05, 0.1) is 17.7 Å². The van der Waals surface area contributed by atoms with Gasteiger partial charge in [-0.3, -0.25) is 4.79 Å². The number of para-hydroxylation sites is 1. The molecule has 3 nitrogen and oxygen atoms in total. The molecular formula is C13H16F4N2O. The van der Waals surface area contributed by atoms with Crippen molar-refractivity contribution in [3.63, 3.8) is 0 Å². The molecule has 7 heteroatoms. The third-order valence-electron chi connectivity index (χ3n) is 2.53. The van der Waals surface area contributed by atoms with Gasteiger partial charge in [0.2, 0.25) is 0 Å². The second kappa shape index (κ2) is 6.58. The lowest BCUT2D eigenvalue weighted by Gasteiger charge is -2.17. The Labute approximate surface area is 114 Å². The van der Waals surface area contributed by atoms with Gasteiger partial charge in [0.25, 0.3) is 5.91 Å². The minimum absolute atomic E-state index is 0.00768. The predicted molar refractivity (Wildman–Crippen MR) is 68.2 cm³/mol. The summed E-state index contributed by atoms with van der Waals surface area (Å²) >= 11 is 0. The summed E-state index contributed by atoms with van der Waals surface area (Å²) in [5.41, 5.74) is -0.0208. The standard InChI is InChI=1S/C13H16F4N2O/c1-3-18-11-9(5-4-6-10(11)14)12(20)19-8(2)7-13(15,16)17/h4-6,8,18H,3,7H2,1-2H3,(H,19,20). The maximum Gasteiger partial charge on any atom is 0.391 e. The average molecular weight is 292 g/mol. The molecule has 0 radical (unpaired) electrons. The molecule has 1 rings (SSSR count). The van der Waals surface area contributed by atoms with Crippen LogP contribution >= 0.6 is 0 Å². The molecule has 0 saturated heterocycles.